The molecule has 3 heteroatoms. The molecular weight excluding hydrogens is 182 g/mol. The maximum atomic E-state index is 5.71. The second-order valence-corrected chi connectivity index (χ2v) is 3.71. The summed E-state index contributed by atoms with van der Waals surface area (Å²) in [5, 5.41) is -0.284. The summed E-state index contributed by atoms with van der Waals surface area (Å²) in [5.41, 5.74) is 8.94. The number of hydrogen-bond acceptors (Lipinski definition) is 3. The number of thiol groups is 1. The van der Waals surface area contributed by atoms with Crippen LogP contribution in [-0.2, 0) is 0 Å². The molecule has 1 aromatic carbocycles. The zero-order valence-electron chi connectivity index (χ0n) is 8.16. The van der Waals surface area contributed by atoms with Crippen LogP contribution in [0.15, 0.2) is 12.1 Å². The molecular formula is C10H15NOS. The van der Waals surface area contributed by atoms with Gasteiger partial charge < -0.3 is 10.5 Å². The number of nitrogens with two attached hydrogens (primary N) is 1. The molecule has 0 saturated heterocycles. The van der Waals surface area contributed by atoms with Gasteiger partial charge in [0.2, 0.25) is 0 Å². The van der Waals surface area contributed by atoms with Crippen molar-refractivity contribution in [3.8, 4) is 5.75 Å². The third-order valence-electron chi connectivity index (χ3n) is 1.97. The van der Waals surface area contributed by atoms with Crippen LogP contribution in [0.25, 0.3) is 0 Å². The molecule has 1 aromatic rings. The average molecular weight is 197 g/mol. The van der Waals surface area contributed by atoms with E-state index in [4.69, 9.17) is 10.5 Å². The van der Waals surface area contributed by atoms with E-state index in [1.807, 2.05) is 19.9 Å². The van der Waals surface area contributed by atoms with Gasteiger partial charge in [0.15, 0.2) is 0 Å². The fourth-order valence-corrected chi connectivity index (χ4v) is 1.68. The Morgan fingerprint density at radius 2 is 2.00 bits per heavy atom. The summed E-state index contributed by atoms with van der Waals surface area (Å²) in [7, 11) is 1.65. The zero-order valence-corrected chi connectivity index (χ0v) is 9.06. The Morgan fingerprint density at radius 3 is 2.46 bits per heavy atom. The predicted octanol–water partition coefficient (Wildman–Crippen LogP) is 2.20. The van der Waals surface area contributed by atoms with Gasteiger partial charge in [-0.25, -0.2) is 0 Å². The largest absolute Gasteiger partial charge is 0.496 e. The fourth-order valence-electron chi connectivity index (χ4n) is 1.49. The summed E-state index contributed by atoms with van der Waals surface area (Å²) in [6.45, 7) is 4.04. The number of ether oxygens (including phenoxy) is 1. The van der Waals surface area contributed by atoms with Crippen molar-refractivity contribution in [3.05, 3.63) is 28.8 Å². The van der Waals surface area contributed by atoms with Crippen molar-refractivity contribution in [1.82, 2.24) is 0 Å². The molecule has 0 radical (unpaired) electrons. The lowest BCUT2D eigenvalue weighted by Gasteiger charge is -2.14. The van der Waals surface area contributed by atoms with Gasteiger partial charge >= 0.3 is 0 Å². The molecule has 0 spiro atoms. The van der Waals surface area contributed by atoms with Crippen molar-refractivity contribution in [2.24, 2.45) is 5.73 Å². The Kier molecular flexibility index (Phi) is 3.22. The first-order valence-electron chi connectivity index (χ1n) is 4.15. The normalized spacial score (nSPS) is 12.7. The standard InChI is InChI=1S/C10H15NOS/c1-6-4-7(2)9(12-3)8(5-6)10(11)13/h4-5,10,13H,11H2,1-3H3. The number of methoxy groups -OCH3 is 1. The van der Waals surface area contributed by atoms with Gasteiger partial charge in [-0.05, 0) is 25.5 Å². The third kappa shape index (κ3) is 2.17. The van der Waals surface area contributed by atoms with Gasteiger partial charge in [0.25, 0.3) is 0 Å². The van der Waals surface area contributed by atoms with E-state index in [1.165, 1.54) is 5.56 Å². The van der Waals surface area contributed by atoms with Gasteiger partial charge in [0.1, 0.15) is 5.75 Å². The van der Waals surface area contributed by atoms with Gasteiger partial charge in [0, 0.05) is 5.56 Å². The average Bonchev–Trinajstić information content (AvgIpc) is 2.02. The van der Waals surface area contributed by atoms with Gasteiger partial charge in [-0.1, -0.05) is 11.6 Å². The Balaban J connectivity index is 3.29. The van der Waals surface area contributed by atoms with Crippen LogP contribution < -0.4 is 10.5 Å². The molecule has 0 bridgehead atoms. The van der Waals surface area contributed by atoms with E-state index in [1.54, 1.807) is 7.11 Å². The minimum atomic E-state index is -0.284. The summed E-state index contributed by atoms with van der Waals surface area (Å²) >= 11 is 4.20. The number of hydrogen-bond donors (Lipinski definition) is 2. The van der Waals surface area contributed by atoms with E-state index in [2.05, 4.69) is 18.7 Å². The molecule has 2 nitrogen and oxygen atoms in total. The molecule has 0 saturated carbocycles. The lowest BCUT2D eigenvalue weighted by atomic mass is 10.1. The van der Waals surface area contributed by atoms with Gasteiger partial charge in [-0.3, -0.25) is 0 Å². The first-order chi connectivity index (χ1) is 6.06. The summed E-state index contributed by atoms with van der Waals surface area (Å²) in [6, 6.07) is 4.07. The van der Waals surface area contributed by atoms with Crippen LogP contribution in [0.5, 0.6) is 5.75 Å². The molecule has 0 aliphatic carbocycles. The van der Waals surface area contributed by atoms with E-state index < -0.39 is 0 Å². The predicted molar refractivity (Wildman–Crippen MR) is 58.4 cm³/mol. The fraction of sp³-hybridized carbons (Fsp3) is 0.400. The highest BCUT2D eigenvalue weighted by Gasteiger charge is 2.10. The highest BCUT2D eigenvalue weighted by atomic mass is 32.1. The van der Waals surface area contributed by atoms with Crippen LogP contribution in [0.1, 0.15) is 22.1 Å². The number of aryl methyl sites for hydroxylation is 2. The van der Waals surface area contributed by atoms with Crippen molar-refractivity contribution >= 4 is 12.6 Å². The Labute approximate surface area is 84.5 Å². The minimum absolute atomic E-state index is 0.284. The minimum Gasteiger partial charge on any atom is -0.496 e. The van der Waals surface area contributed by atoms with E-state index in [0.29, 0.717) is 0 Å². The zero-order chi connectivity index (χ0) is 10.0. The molecule has 0 aliphatic heterocycles. The lowest BCUT2D eigenvalue weighted by Crippen LogP contribution is -2.06. The molecule has 13 heavy (non-hydrogen) atoms. The monoisotopic (exact) mass is 197 g/mol. The van der Waals surface area contributed by atoms with E-state index >= 15 is 0 Å². The highest BCUT2D eigenvalue weighted by molar-refractivity contribution is 7.80. The molecule has 0 aliphatic rings. The molecule has 72 valence electrons. The van der Waals surface area contributed by atoms with E-state index in [9.17, 15) is 0 Å². The molecule has 0 fully saturated rings. The smallest absolute Gasteiger partial charge is 0.127 e. The Morgan fingerprint density at radius 1 is 1.38 bits per heavy atom. The molecule has 1 rings (SSSR count). The summed E-state index contributed by atoms with van der Waals surface area (Å²) < 4.78 is 5.26. The van der Waals surface area contributed by atoms with Crippen molar-refractivity contribution in [1.29, 1.82) is 0 Å². The molecule has 1 unspecified atom stereocenters. The van der Waals surface area contributed by atoms with Gasteiger partial charge in [0.05, 0.1) is 12.5 Å². The molecule has 0 heterocycles. The number of benzene rings is 1. The van der Waals surface area contributed by atoms with Gasteiger partial charge in [-0.15, -0.1) is 0 Å². The third-order valence-corrected chi connectivity index (χ3v) is 2.25. The van der Waals surface area contributed by atoms with Crippen molar-refractivity contribution < 1.29 is 4.74 Å². The summed E-state index contributed by atoms with van der Waals surface area (Å²) in [4.78, 5) is 0. The maximum absolute atomic E-state index is 5.71. The first-order valence-corrected chi connectivity index (χ1v) is 4.66. The topological polar surface area (TPSA) is 35.2 Å². The lowest BCUT2D eigenvalue weighted by molar-refractivity contribution is 0.406. The van der Waals surface area contributed by atoms with Crippen molar-refractivity contribution in [3.63, 3.8) is 0 Å². The van der Waals surface area contributed by atoms with E-state index in [-0.39, 0.29) is 5.37 Å². The van der Waals surface area contributed by atoms with Crippen molar-refractivity contribution in [2.75, 3.05) is 7.11 Å². The second-order valence-electron chi connectivity index (χ2n) is 3.15. The van der Waals surface area contributed by atoms with Crippen LogP contribution in [0, 0.1) is 13.8 Å². The van der Waals surface area contributed by atoms with Crippen LogP contribution in [-0.4, -0.2) is 7.11 Å². The molecule has 2 N–H and O–H groups in total. The number of rotatable bonds is 2. The summed E-state index contributed by atoms with van der Waals surface area (Å²) in [6.07, 6.45) is 0. The van der Waals surface area contributed by atoms with Crippen molar-refractivity contribution in [2.45, 2.75) is 19.2 Å². The molecule has 0 aromatic heterocycles. The van der Waals surface area contributed by atoms with E-state index in [0.717, 1.165) is 16.9 Å². The van der Waals surface area contributed by atoms with Crippen LogP contribution >= 0.6 is 12.6 Å². The van der Waals surface area contributed by atoms with Gasteiger partial charge in [-0.2, -0.15) is 12.6 Å². The second kappa shape index (κ2) is 4.03. The highest BCUT2D eigenvalue weighted by Crippen LogP contribution is 2.30. The SMILES string of the molecule is COc1c(C)cc(C)cc1C(N)S. The Bertz CT molecular complexity index is 310. The maximum Gasteiger partial charge on any atom is 0.127 e. The van der Waals surface area contributed by atoms with Crippen LogP contribution in [0.3, 0.4) is 0 Å². The van der Waals surface area contributed by atoms with Crippen LogP contribution in [0.4, 0.5) is 0 Å². The molecule has 0 amide bonds. The Hall–Kier alpha value is -0.670. The first kappa shape index (κ1) is 10.4. The summed E-state index contributed by atoms with van der Waals surface area (Å²) in [5.74, 6) is 0.841. The molecule has 1 atom stereocenters. The quantitative estimate of drug-likeness (QED) is 0.563. The van der Waals surface area contributed by atoms with Crippen LogP contribution in [0.2, 0.25) is 0 Å².